The van der Waals surface area contributed by atoms with Crippen LogP contribution in [0.25, 0.3) is 16.6 Å². The number of ether oxygens (including phenoxy) is 1. The predicted octanol–water partition coefficient (Wildman–Crippen LogP) is 4.63. The lowest BCUT2D eigenvalue weighted by Gasteiger charge is -2.17. The van der Waals surface area contributed by atoms with Gasteiger partial charge in [-0.15, -0.1) is 0 Å². The van der Waals surface area contributed by atoms with Gasteiger partial charge in [-0.25, -0.2) is 9.97 Å². The first-order valence-electron chi connectivity index (χ1n) is 10.2. The molecule has 0 spiro atoms. The SMILES string of the molecule is COc1cccc(-n2c(C)cc(C(=O)N(C)Cc3nc(C)c4ccccc4n3)c2C)c1. The van der Waals surface area contributed by atoms with Gasteiger partial charge in [-0.2, -0.15) is 0 Å². The van der Waals surface area contributed by atoms with Crippen LogP contribution in [0.2, 0.25) is 0 Å². The monoisotopic (exact) mass is 414 g/mol. The lowest BCUT2D eigenvalue weighted by atomic mass is 10.2. The van der Waals surface area contributed by atoms with E-state index in [4.69, 9.17) is 4.74 Å². The summed E-state index contributed by atoms with van der Waals surface area (Å²) in [6, 6.07) is 17.7. The summed E-state index contributed by atoms with van der Waals surface area (Å²) in [6.07, 6.45) is 0. The number of methoxy groups -OCH3 is 1. The number of aromatic nitrogens is 3. The van der Waals surface area contributed by atoms with Crippen molar-refractivity contribution in [2.24, 2.45) is 0 Å². The molecule has 4 rings (SSSR count). The normalized spacial score (nSPS) is 11.0. The van der Waals surface area contributed by atoms with Gasteiger partial charge < -0.3 is 14.2 Å². The molecule has 0 bridgehead atoms. The van der Waals surface area contributed by atoms with Crippen LogP contribution in [-0.4, -0.2) is 39.5 Å². The molecule has 0 saturated carbocycles. The van der Waals surface area contributed by atoms with Crippen molar-refractivity contribution in [3.05, 3.63) is 83.1 Å². The number of amides is 1. The summed E-state index contributed by atoms with van der Waals surface area (Å²) >= 11 is 0. The van der Waals surface area contributed by atoms with Gasteiger partial charge in [0.2, 0.25) is 0 Å². The Hall–Kier alpha value is -3.67. The lowest BCUT2D eigenvalue weighted by molar-refractivity contribution is 0.0781. The Balaban J connectivity index is 1.62. The fourth-order valence-corrected chi connectivity index (χ4v) is 3.98. The van der Waals surface area contributed by atoms with E-state index in [0.29, 0.717) is 17.9 Å². The highest BCUT2D eigenvalue weighted by Crippen LogP contribution is 2.25. The van der Waals surface area contributed by atoms with Gasteiger partial charge in [0.15, 0.2) is 0 Å². The second-order valence-electron chi connectivity index (χ2n) is 7.73. The number of fused-ring (bicyclic) bond motifs is 1. The number of carbonyl (C=O) groups excluding carboxylic acids is 1. The summed E-state index contributed by atoms with van der Waals surface area (Å²) in [6.45, 7) is 6.27. The standard InChI is InChI=1S/C25H26N4O2/c1-16-13-22(18(3)29(16)19-9-8-10-20(14-19)31-5)25(30)28(4)15-24-26-17(2)21-11-6-7-12-23(21)27-24/h6-14H,15H2,1-5H3. The molecule has 158 valence electrons. The summed E-state index contributed by atoms with van der Waals surface area (Å²) < 4.78 is 7.42. The Bertz CT molecular complexity index is 1280. The maximum absolute atomic E-state index is 13.3. The topological polar surface area (TPSA) is 60.2 Å². The molecule has 31 heavy (non-hydrogen) atoms. The van der Waals surface area contributed by atoms with Gasteiger partial charge in [0, 0.05) is 41.3 Å². The van der Waals surface area contributed by atoms with Crippen molar-refractivity contribution in [3.63, 3.8) is 0 Å². The smallest absolute Gasteiger partial charge is 0.255 e. The van der Waals surface area contributed by atoms with E-state index in [1.807, 2.05) is 75.4 Å². The van der Waals surface area contributed by atoms with Gasteiger partial charge in [0.05, 0.1) is 24.7 Å². The number of hydrogen-bond acceptors (Lipinski definition) is 4. The molecule has 2 heterocycles. The molecule has 0 aliphatic rings. The molecule has 4 aromatic rings. The van der Waals surface area contributed by atoms with E-state index in [1.165, 1.54) is 0 Å². The van der Waals surface area contributed by atoms with Gasteiger partial charge in [-0.05, 0) is 45.0 Å². The zero-order valence-electron chi connectivity index (χ0n) is 18.5. The molecule has 0 N–H and O–H groups in total. The van der Waals surface area contributed by atoms with Crippen LogP contribution in [0.4, 0.5) is 0 Å². The first-order chi connectivity index (χ1) is 14.9. The Morgan fingerprint density at radius 2 is 1.81 bits per heavy atom. The summed E-state index contributed by atoms with van der Waals surface area (Å²) in [5.41, 5.74) is 5.31. The van der Waals surface area contributed by atoms with Crippen molar-refractivity contribution >= 4 is 16.8 Å². The summed E-state index contributed by atoms with van der Waals surface area (Å²) in [5.74, 6) is 1.35. The van der Waals surface area contributed by atoms with Gasteiger partial charge >= 0.3 is 0 Å². The number of para-hydroxylation sites is 1. The quantitative estimate of drug-likeness (QED) is 0.478. The highest BCUT2D eigenvalue weighted by atomic mass is 16.5. The lowest BCUT2D eigenvalue weighted by Crippen LogP contribution is -2.27. The Kier molecular flexibility index (Phi) is 5.46. The molecular formula is C25H26N4O2. The van der Waals surface area contributed by atoms with Crippen LogP contribution in [0.1, 0.15) is 33.3 Å². The molecule has 6 nitrogen and oxygen atoms in total. The molecule has 0 fully saturated rings. The Morgan fingerprint density at radius 3 is 2.58 bits per heavy atom. The van der Waals surface area contributed by atoms with Crippen molar-refractivity contribution in [2.45, 2.75) is 27.3 Å². The number of aryl methyl sites for hydroxylation is 2. The van der Waals surface area contributed by atoms with E-state index < -0.39 is 0 Å². The molecule has 1 amide bonds. The zero-order valence-corrected chi connectivity index (χ0v) is 18.5. The first-order valence-corrected chi connectivity index (χ1v) is 10.2. The van der Waals surface area contributed by atoms with Gasteiger partial charge in [0.25, 0.3) is 5.91 Å². The van der Waals surface area contributed by atoms with Crippen LogP contribution >= 0.6 is 0 Å². The molecular weight excluding hydrogens is 388 g/mol. The number of benzene rings is 2. The van der Waals surface area contributed by atoms with Crippen molar-refractivity contribution in [1.29, 1.82) is 0 Å². The van der Waals surface area contributed by atoms with E-state index in [9.17, 15) is 4.79 Å². The van der Waals surface area contributed by atoms with Crippen LogP contribution < -0.4 is 4.74 Å². The van der Waals surface area contributed by atoms with E-state index in [2.05, 4.69) is 14.5 Å². The highest BCUT2D eigenvalue weighted by molar-refractivity contribution is 5.95. The minimum Gasteiger partial charge on any atom is -0.497 e. The molecule has 0 aliphatic carbocycles. The van der Waals surface area contributed by atoms with Crippen LogP contribution in [-0.2, 0) is 6.54 Å². The average Bonchev–Trinajstić information content (AvgIpc) is 3.07. The fraction of sp³-hybridized carbons (Fsp3) is 0.240. The van der Waals surface area contributed by atoms with Gasteiger partial charge in [-0.3, -0.25) is 4.79 Å². The van der Waals surface area contributed by atoms with E-state index in [-0.39, 0.29) is 5.91 Å². The predicted molar refractivity (Wildman–Crippen MR) is 122 cm³/mol. The third-order valence-corrected chi connectivity index (χ3v) is 5.54. The number of rotatable bonds is 5. The molecule has 0 aliphatic heterocycles. The minimum atomic E-state index is -0.0587. The van der Waals surface area contributed by atoms with Crippen molar-refractivity contribution in [1.82, 2.24) is 19.4 Å². The van der Waals surface area contributed by atoms with Gasteiger partial charge in [-0.1, -0.05) is 24.3 Å². The third kappa shape index (κ3) is 3.89. The molecule has 2 aromatic carbocycles. The molecule has 0 saturated heterocycles. The number of nitrogens with zero attached hydrogens (tertiary/aromatic N) is 4. The molecule has 0 radical (unpaired) electrons. The zero-order chi connectivity index (χ0) is 22.1. The molecule has 6 heteroatoms. The van der Waals surface area contributed by atoms with Crippen molar-refractivity contribution < 1.29 is 9.53 Å². The Morgan fingerprint density at radius 1 is 1.03 bits per heavy atom. The van der Waals surface area contributed by atoms with E-state index in [1.54, 1.807) is 19.1 Å². The summed E-state index contributed by atoms with van der Waals surface area (Å²) in [7, 11) is 3.43. The number of hydrogen-bond donors (Lipinski definition) is 0. The molecule has 0 unspecified atom stereocenters. The fourth-order valence-electron chi connectivity index (χ4n) is 3.98. The molecule has 2 aromatic heterocycles. The van der Waals surface area contributed by atoms with Crippen molar-refractivity contribution in [3.8, 4) is 11.4 Å². The largest absolute Gasteiger partial charge is 0.497 e. The maximum atomic E-state index is 13.3. The third-order valence-electron chi connectivity index (χ3n) is 5.54. The second-order valence-corrected chi connectivity index (χ2v) is 7.73. The Labute approximate surface area is 182 Å². The van der Waals surface area contributed by atoms with Crippen LogP contribution in [0, 0.1) is 20.8 Å². The average molecular weight is 415 g/mol. The second kappa shape index (κ2) is 8.22. The number of carbonyl (C=O) groups is 1. The van der Waals surface area contributed by atoms with E-state index >= 15 is 0 Å². The highest BCUT2D eigenvalue weighted by Gasteiger charge is 2.21. The minimum absolute atomic E-state index is 0.0587. The molecule has 0 atom stereocenters. The van der Waals surface area contributed by atoms with Crippen molar-refractivity contribution in [2.75, 3.05) is 14.2 Å². The van der Waals surface area contributed by atoms with Crippen LogP contribution in [0.15, 0.2) is 54.6 Å². The van der Waals surface area contributed by atoms with E-state index in [0.717, 1.165) is 39.4 Å². The van der Waals surface area contributed by atoms with Crippen LogP contribution in [0.5, 0.6) is 5.75 Å². The van der Waals surface area contributed by atoms with Crippen LogP contribution in [0.3, 0.4) is 0 Å². The summed E-state index contributed by atoms with van der Waals surface area (Å²) in [4.78, 5) is 24.2. The maximum Gasteiger partial charge on any atom is 0.255 e. The summed E-state index contributed by atoms with van der Waals surface area (Å²) in [5, 5.41) is 1.03. The first kappa shape index (κ1) is 20.6. The van der Waals surface area contributed by atoms with Gasteiger partial charge in [0.1, 0.15) is 11.6 Å².